The molecule has 0 amide bonds. The van der Waals surface area contributed by atoms with Crippen LogP contribution in [0, 0.1) is 0 Å². The Morgan fingerprint density at radius 2 is 1.81 bits per heavy atom. The van der Waals surface area contributed by atoms with Crippen molar-refractivity contribution in [2.75, 3.05) is 14.2 Å². The van der Waals surface area contributed by atoms with Crippen LogP contribution < -0.4 is 4.43 Å². The number of methoxy groups -OCH3 is 1. The minimum Gasteiger partial charge on any atom is -0.543 e. The minimum absolute atomic E-state index is 0.126. The predicted molar refractivity (Wildman–Crippen MR) is 88.6 cm³/mol. The van der Waals surface area contributed by atoms with E-state index in [9.17, 15) is 4.57 Å². The van der Waals surface area contributed by atoms with Crippen LogP contribution >= 0.6 is 8.03 Å². The lowest BCUT2D eigenvalue weighted by Gasteiger charge is -2.36. The third-order valence-electron chi connectivity index (χ3n) is 3.92. The Morgan fingerprint density at radius 1 is 1.19 bits per heavy atom. The molecular weight excluding hydrogens is 303 g/mol. The van der Waals surface area contributed by atoms with E-state index >= 15 is 0 Å². The van der Waals surface area contributed by atoms with Crippen LogP contribution in [0.4, 0.5) is 0 Å². The van der Waals surface area contributed by atoms with Gasteiger partial charge in [-0.1, -0.05) is 32.9 Å². The first-order valence-electron chi connectivity index (χ1n) is 6.94. The molecule has 0 fully saturated rings. The summed E-state index contributed by atoms with van der Waals surface area (Å²) in [7, 11) is -0.853. The fraction of sp³-hybridized carbons (Fsp3) is 0.600. The molecule has 0 saturated carbocycles. The molecule has 0 heterocycles. The van der Waals surface area contributed by atoms with Gasteiger partial charge in [0.05, 0.1) is 7.11 Å². The molecular formula is C15H26O4PSi+. The van der Waals surface area contributed by atoms with Crippen LogP contribution in [-0.4, -0.2) is 22.5 Å². The summed E-state index contributed by atoms with van der Waals surface area (Å²) < 4.78 is 28.3. The van der Waals surface area contributed by atoms with E-state index in [0.717, 1.165) is 11.3 Å². The van der Waals surface area contributed by atoms with Gasteiger partial charge in [0.1, 0.15) is 5.75 Å². The average molecular weight is 329 g/mol. The summed E-state index contributed by atoms with van der Waals surface area (Å²) >= 11 is 0. The van der Waals surface area contributed by atoms with E-state index < -0.39 is 22.2 Å². The molecule has 1 aromatic carbocycles. The van der Waals surface area contributed by atoms with Crippen molar-refractivity contribution in [3.8, 4) is 5.75 Å². The molecule has 118 valence electrons. The quantitative estimate of drug-likeness (QED) is 0.538. The molecule has 0 saturated heterocycles. The third kappa shape index (κ3) is 4.61. The van der Waals surface area contributed by atoms with Crippen molar-refractivity contribution in [2.24, 2.45) is 0 Å². The summed E-state index contributed by atoms with van der Waals surface area (Å²) in [5.74, 6) is 0.216. The van der Waals surface area contributed by atoms with Crippen LogP contribution in [0.2, 0.25) is 18.1 Å². The van der Waals surface area contributed by atoms with Crippen LogP contribution in [0.15, 0.2) is 24.3 Å². The molecule has 4 nitrogen and oxygen atoms in total. The summed E-state index contributed by atoms with van der Waals surface area (Å²) in [5, 5.41) is 0.126. The zero-order valence-corrected chi connectivity index (χ0v) is 15.9. The van der Waals surface area contributed by atoms with Gasteiger partial charge in [-0.2, -0.15) is 0 Å². The first kappa shape index (κ1) is 18.3. The van der Waals surface area contributed by atoms with Crippen molar-refractivity contribution in [3.63, 3.8) is 0 Å². The number of ether oxygens (including phenoxy) is 1. The molecule has 1 aromatic rings. The molecule has 0 aromatic heterocycles. The SMILES string of the molecule is COC(c1cccc(O[Si](C)(C)C(C)(C)C)c1)[P+](=O)OC. The molecule has 0 aliphatic heterocycles. The fourth-order valence-electron chi connectivity index (χ4n) is 1.62. The summed E-state index contributed by atoms with van der Waals surface area (Å²) in [6.07, 6.45) is 0. The van der Waals surface area contributed by atoms with Crippen LogP contribution in [0.3, 0.4) is 0 Å². The molecule has 0 bridgehead atoms. The first-order chi connectivity index (χ1) is 9.62. The fourth-order valence-corrected chi connectivity index (χ4v) is 3.41. The van der Waals surface area contributed by atoms with Gasteiger partial charge in [-0.25, -0.2) is 0 Å². The standard InChI is InChI=1S/C15H26O4PSi/c1-15(2,3)21(6,7)19-13-10-8-9-12(11-13)14(17-4)20(16)18-5/h8-11,14H,1-7H3/q+1. The summed E-state index contributed by atoms with van der Waals surface area (Å²) in [6.45, 7) is 11.0. The highest BCUT2D eigenvalue weighted by atomic mass is 31.1. The smallest absolute Gasteiger partial charge is 0.543 e. The maximum absolute atomic E-state index is 11.9. The van der Waals surface area contributed by atoms with Crippen molar-refractivity contribution in [1.82, 2.24) is 0 Å². The molecule has 0 aliphatic rings. The predicted octanol–water partition coefficient (Wildman–Crippen LogP) is 5.10. The highest BCUT2D eigenvalue weighted by Crippen LogP contribution is 2.43. The second-order valence-corrected chi connectivity index (χ2v) is 12.6. The van der Waals surface area contributed by atoms with E-state index in [-0.39, 0.29) is 5.04 Å². The van der Waals surface area contributed by atoms with Gasteiger partial charge in [-0.15, -0.1) is 4.52 Å². The lowest BCUT2D eigenvalue weighted by Crippen LogP contribution is -2.43. The molecule has 0 aliphatic carbocycles. The Bertz CT molecular complexity index is 497. The second kappa shape index (κ2) is 7.01. The van der Waals surface area contributed by atoms with E-state index in [1.807, 2.05) is 24.3 Å². The van der Waals surface area contributed by atoms with Crippen LogP contribution in [0.1, 0.15) is 32.2 Å². The van der Waals surface area contributed by atoms with Gasteiger partial charge in [0.2, 0.25) is 8.32 Å². The molecule has 2 unspecified atom stereocenters. The second-order valence-electron chi connectivity index (χ2n) is 6.49. The van der Waals surface area contributed by atoms with Gasteiger partial charge in [-0.3, -0.25) is 0 Å². The van der Waals surface area contributed by atoms with E-state index in [1.54, 1.807) is 0 Å². The highest BCUT2D eigenvalue weighted by Gasteiger charge is 2.39. The Hall–Kier alpha value is -0.743. The first-order valence-corrected chi connectivity index (χ1v) is 11.1. The van der Waals surface area contributed by atoms with Gasteiger partial charge < -0.3 is 9.16 Å². The van der Waals surface area contributed by atoms with Crippen molar-refractivity contribution in [3.05, 3.63) is 29.8 Å². The topological polar surface area (TPSA) is 44.8 Å². The monoisotopic (exact) mass is 329 g/mol. The Kier molecular flexibility index (Phi) is 6.11. The molecule has 1 rings (SSSR count). The molecule has 2 atom stereocenters. The molecule has 0 spiro atoms. The molecule has 0 N–H and O–H groups in total. The Balaban J connectivity index is 3.03. The summed E-state index contributed by atoms with van der Waals surface area (Å²) in [6, 6.07) is 7.58. The minimum atomic E-state index is -1.90. The maximum Gasteiger partial charge on any atom is 0.545 e. The normalized spacial score (nSPS) is 14.7. The van der Waals surface area contributed by atoms with Crippen molar-refractivity contribution < 1.29 is 18.3 Å². The van der Waals surface area contributed by atoms with E-state index in [1.165, 1.54) is 14.2 Å². The van der Waals surface area contributed by atoms with E-state index in [4.69, 9.17) is 13.7 Å². The zero-order valence-electron chi connectivity index (χ0n) is 14.0. The average Bonchev–Trinajstić information content (AvgIpc) is 2.38. The zero-order chi connectivity index (χ0) is 16.3. The number of rotatable bonds is 6. The third-order valence-corrected chi connectivity index (χ3v) is 9.53. The Morgan fingerprint density at radius 3 is 2.29 bits per heavy atom. The van der Waals surface area contributed by atoms with Gasteiger partial charge in [0, 0.05) is 12.7 Å². The number of benzene rings is 1. The number of hydrogen-bond donors (Lipinski definition) is 0. The largest absolute Gasteiger partial charge is 0.545 e. The lowest BCUT2D eigenvalue weighted by atomic mass is 10.2. The van der Waals surface area contributed by atoms with Gasteiger partial charge in [-0.05, 0) is 34.8 Å². The highest BCUT2D eigenvalue weighted by molar-refractivity contribution is 7.39. The summed E-state index contributed by atoms with van der Waals surface area (Å²) in [5.41, 5.74) is 0.802. The Labute approximate surface area is 129 Å². The van der Waals surface area contributed by atoms with Crippen LogP contribution in [0.5, 0.6) is 5.75 Å². The van der Waals surface area contributed by atoms with Gasteiger partial charge >= 0.3 is 13.9 Å². The van der Waals surface area contributed by atoms with Gasteiger partial charge in [0.25, 0.3) is 0 Å². The van der Waals surface area contributed by atoms with E-state index in [2.05, 4.69) is 33.9 Å². The maximum atomic E-state index is 11.9. The van der Waals surface area contributed by atoms with Crippen molar-refractivity contribution in [2.45, 2.75) is 44.7 Å². The van der Waals surface area contributed by atoms with Crippen LogP contribution in [-0.2, 0) is 13.8 Å². The summed E-state index contributed by atoms with van der Waals surface area (Å²) in [4.78, 5) is 0. The number of hydrogen-bond acceptors (Lipinski definition) is 4. The van der Waals surface area contributed by atoms with Crippen molar-refractivity contribution >= 4 is 16.3 Å². The van der Waals surface area contributed by atoms with Gasteiger partial charge in [0.15, 0.2) is 0 Å². The molecule has 21 heavy (non-hydrogen) atoms. The van der Waals surface area contributed by atoms with Crippen molar-refractivity contribution in [1.29, 1.82) is 0 Å². The van der Waals surface area contributed by atoms with Crippen LogP contribution in [0.25, 0.3) is 0 Å². The van der Waals surface area contributed by atoms with E-state index in [0.29, 0.717) is 0 Å². The molecule has 6 heteroatoms. The molecule has 0 radical (unpaired) electrons. The lowest BCUT2D eigenvalue weighted by molar-refractivity contribution is 0.155.